The van der Waals surface area contributed by atoms with Gasteiger partial charge >= 0.3 is 0 Å². The van der Waals surface area contributed by atoms with Crippen LogP contribution in [0.3, 0.4) is 0 Å². The summed E-state index contributed by atoms with van der Waals surface area (Å²) >= 11 is 0. The highest BCUT2D eigenvalue weighted by Gasteiger charge is 2.19. The topological polar surface area (TPSA) is 91.6 Å². The molecule has 148 valence electrons. The van der Waals surface area contributed by atoms with Gasteiger partial charge < -0.3 is 20.1 Å². The second-order valence-electron chi connectivity index (χ2n) is 7.30. The molecular formula is C22H26N2O4. The molecule has 1 atom stereocenters. The highest BCUT2D eigenvalue weighted by Crippen LogP contribution is 2.36. The summed E-state index contributed by atoms with van der Waals surface area (Å²) in [7, 11) is 0. The summed E-state index contributed by atoms with van der Waals surface area (Å²) in [5.74, 6) is -0.612. The Bertz CT molecular complexity index is 1000. The molecule has 3 aromatic rings. The van der Waals surface area contributed by atoms with Crippen LogP contribution in [0.25, 0.3) is 21.8 Å². The summed E-state index contributed by atoms with van der Waals surface area (Å²) in [5.41, 5.74) is 1.98. The zero-order valence-electron chi connectivity index (χ0n) is 16.7. The Balaban J connectivity index is 2.26. The molecule has 0 spiro atoms. The van der Waals surface area contributed by atoms with Gasteiger partial charge in [0.2, 0.25) is 0 Å². The van der Waals surface area contributed by atoms with Crippen molar-refractivity contribution in [3.63, 3.8) is 0 Å². The number of fused-ring (bicyclic) bond motifs is 3. The Morgan fingerprint density at radius 1 is 0.964 bits per heavy atom. The van der Waals surface area contributed by atoms with Gasteiger partial charge in [-0.2, -0.15) is 0 Å². The Hall–Kier alpha value is -2.86. The Morgan fingerprint density at radius 2 is 1.43 bits per heavy atom. The van der Waals surface area contributed by atoms with Crippen LogP contribution >= 0.6 is 0 Å². The summed E-state index contributed by atoms with van der Waals surface area (Å²) < 4.78 is 1.99. The number of phenols is 2. The molecule has 28 heavy (non-hydrogen) atoms. The number of rotatable bonds is 7. The van der Waals surface area contributed by atoms with E-state index in [2.05, 4.69) is 19.2 Å². The molecule has 6 nitrogen and oxygen atoms in total. The second-order valence-corrected chi connectivity index (χ2v) is 7.30. The van der Waals surface area contributed by atoms with Crippen molar-refractivity contribution in [3.05, 3.63) is 35.4 Å². The first-order valence-corrected chi connectivity index (χ1v) is 9.51. The van der Waals surface area contributed by atoms with Crippen molar-refractivity contribution in [1.82, 2.24) is 9.88 Å². The van der Waals surface area contributed by atoms with Gasteiger partial charge in [-0.1, -0.05) is 6.92 Å². The molecule has 0 radical (unpaired) electrons. The molecule has 3 N–H and O–H groups in total. The number of carbonyl (C=O) groups is 2. The number of aromatic hydroxyl groups is 2. The molecule has 0 bridgehead atoms. The summed E-state index contributed by atoms with van der Waals surface area (Å²) in [6.45, 7) is 8.36. The van der Waals surface area contributed by atoms with Crippen molar-refractivity contribution >= 4 is 33.4 Å². The molecule has 0 amide bonds. The van der Waals surface area contributed by atoms with Crippen LogP contribution in [0, 0.1) is 0 Å². The van der Waals surface area contributed by atoms with E-state index in [-0.39, 0.29) is 34.2 Å². The minimum atomic E-state index is -0.232. The first kappa shape index (κ1) is 19.9. The molecule has 6 heteroatoms. The zero-order chi connectivity index (χ0) is 20.6. The van der Waals surface area contributed by atoms with E-state index in [0.29, 0.717) is 19.1 Å². The maximum atomic E-state index is 11.9. The van der Waals surface area contributed by atoms with Crippen molar-refractivity contribution in [2.45, 2.75) is 46.7 Å². The van der Waals surface area contributed by atoms with Crippen molar-refractivity contribution in [2.24, 2.45) is 0 Å². The average molecular weight is 382 g/mol. The summed E-state index contributed by atoms with van der Waals surface area (Å²) in [4.78, 5) is 23.8. The van der Waals surface area contributed by atoms with Gasteiger partial charge in [-0.15, -0.1) is 0 Å². The van der Waals surface area contributed by atoms with E-state index in [9.17, 15) is 19.8 Å². The number of hydrogen-bond acceptors (Lipinski definition) is 5. The van der Waals surface area contributed by atoms with Gasteiger partial charge in [0.05, 0.1) is 22.2 Å². The number of Topliss-reactive ketones (excluding diaryl/α,β-unsaturated/α-hetero) is 2. The van der Waals surface area contributed by atoms with Crippen molar-refractivity contribution in [2.75, 3.05) is 6.54 Å². The lowest BCUT2D eigenvalue weighted by Crippen LogP contribution is -2.28. The molecule has 1 unspecified atom stereocenters. The lowest BCUT2D eigenvalue weighted by Gasteiger charge is -2.13. The molecule has 0 fully saturated rings. The minimum absolute atomic E-state index is 0.0741. The fourth-order valence-electron chi connectivity index (χ4n) is 3.53. The third-order valence-corrected chi connectivity index (χ3v) is 5.30. The van der Waals surface area contributed by atoms with Crippen LogP contribution in [0.1, 0.15) is 54.8 Å². The lowest BCUT2D eigenvalue weighted by molar-refractivity contribution is 0.100. The fraction of sp³-hybridized carbons (Fsp3) is 0.364. The van der Waals surface area contributed by atoms with E-state index in [0.717, 1.165) is 28.2 Å². The normalized spacial score (nSPS) is 12.6. The maximum absolute atomic E-state index is 11.9. The van der Waals surface area contributed by atoms with Crippen molar-refractivity contribution in [1.29, 1.82) is 0 Å². The summed E-state index contributed by atoms with van der Waals surface area (Å²) in [6.07, 6.45) is 1.01. The standard InChI is InChI=1S/C22H26N2O4/c1-5-12(2)23-6-7-24-19-10-21(27)15(13(3)25)8-17(19)18-9-16(14(4)26)22(28)11-20(18)24/h8-12,23,27-28H,5-7H2,1-4H3. The first-order chi connectivity index (χ1) is 13.2. The highest BCUT2D eigenvalue weighted by molar-refractivity contribution is 6.14. The molecule has 0 saturated heterocycles. The molecule has 0 aliphatic heterocycles. The molecule has 1 heterocycles. The molecule has 2 aromatic carbocycles. The molecule has 3 rings (SSSR count). The number of ketones is 2. The summed E-state index contributed by atoms with van der Waals surface area (Å²) in [5, 5.41) is 25.6. The molecule has 0 saturated carbocycles. The lowest BCUT2D eigenvalue weighted by atomic mass is 10.0. The number of nitrogens with one attached hydrogen (secondary N) is 1. The monoisotopic (exact) mass is 382 g/mol. The van der Waals surface area contributed by atoms with Crippen LogP contribution < -0.4 is 5.32 Å². The number of aromatic nitrogens is 1. The van der Waals surface area contributed by atoms with E-state index in [4.69, 9.17) is 0 Å². The predicted octanol–water partition coefficient (Wildman–Crippen LogP) is 4.00. The van der Waals surface area contributed by atoms with Crippen LogP contribution in [0.4, 0.5) is 0 Å². The van der Waals surface area contributed by atoms with Gasteiger partial charge in [0, 0.05) is 42.0 Å². The second kappa shape index (κ2) is 7.64. The van der Waals surface area contributed by atoms with Gasteiger partial charge in [-0.25, -0.2) is 0 Å². The van der Waals surface area contributed by atoms with Crippen LogP contribution in [0.2, 0.25) is 0 Å². The van der Waals surface area contributed by atoms with Crippen molar-refractivity contribution < 1.29 is 19.8 Å². The van der Waals surface area contributed by atoms with Gasteiger partial charge in [0.1, 0.15) is 11.5 Å². The van der Waals surface area contributed by atoms with E-state index < -0.39 is 0 Å². The number of nitrogens with zero attached hydrogens (tertiary/aromatic N) is 1. The fourth-order valence-corrected chi connectivity index (χ4v) is 3.53. The van der Waals surface area contributed by atoms with Crippen LogP contribution in [0.15, 0.2) is 24.3 Å². The van der Waals surface area contributed by atoms with E-state index >= 15 is 0 Å². The quantitative estimate of drug-likeness (QED) is 0.537. The summed E-state index contributed by atoms with van der Waals surface area (Å²) in [6, 6.07) is 6.87. The van der Waals surface area contributed by atoms with Gasteiger partial charge in [-0.05, 0) is 39.3 Å². The van der Waals surface area contributed by atoms with Crippen LogP contribution in [-0.2, 0) is 6.54 Å². The van der Waals surface area contributed by atoms with Crippen molar-refractivity contribution in [3.8, 4) is 11.5 Å². The molecule has 0 aliphatic rings. The number of benzene rings is 2. The van der Waals surface area contributed by atoms with Crippen LogP contribution in [0.5, 0.6) is 11.5 Å². The maximum Gasteiger partial charge on any atom is 0.163 e. The van der Waals surface area contributed by atoms with Gasteiger partial charge in [0.15, 0.2) is 11.6 Å². The Kier molecular flexibility index (Phi) is 5.42. The number of hydrogen-bond donors (Lipinski definition) is 3. The number of carbonyl (C=O) groups excluding carboxylic acids is 2. The van der Waals surface area contributed by atoms with E-state index in [1.54, 1.807) is 24.3 Å². The Morgan fingerprint density at radius 3 is 1.82 bits per heavy atom. The first-order valence-electron chi connectivity index (χ1n) is 9.51. The number of phenolic OH excluding ortho intramolecular Hbond substituents is 2. The van der Waals surface area contributed by atoms with Crippen LogP contribution in [-0.4, -0.2) is 38.9 Å². The van der Waals surface area contributed by atoms with Gasteiger partial charge in [-0.3, -0.25) is 9.59 Å². The SMILES string of the molecule is CCC(C)NCCn1c2cc(O)c(C(C)=O)cc2c2cc(C(C)=O)c(O)cc21. The third-order valence-electron chi connectivity index (χ3n) is 5.30. The average Bonchev–Trinajstić information content (AvgIpc) is 2.91. The highest BCUT2D eigenvalue weighted by atomic mass is 16.3. The molecule has 0 aliphatic carbocycles. The molecular weight excluding hydrogens is 356 g/mol. The smallest absolute Gasteiger partial charge is 0.163 e. The van der Waals surface area contributed by atoms with Gasteiger partial charge in [0.25, 0.3) is 0 Å². The van der Waals surface area contributed by atoms with E-state index in [1.807, 2.05) is 4.57 Å². The Labute approximate surface area is 163 Å². The van der Waals surface area contributed by atoms with E-state index in [1.165, 1.54) is 13.8 Å². The predicted molar refractivity (Wildman–Crippen MR) is 111 cm³/mol. The zero-order valence-corrected chi connectivity index (χ0v) is 16.7. The minimum Gasteiger partial charge on any atom is -0.507 e. The molecule has 1 aromatic heterocycles. The third kappa shape index (κ3) is 3.47. The largest absolute Gasteiger partial charge is 0.507 e.